The summed E-state index contributed by atoms with van der Waals surface area (Å²) >= 11 is 0. The third-order valence-corrected chi connectivity index (χ3v) is 2.37. The molecule has 5 nitrogen and oxygen atoms in total. The molecule has 1 aromatic rings. The molecule has 1 aromatic heterocycles. The van der Waals surface area contributed by atoms with Crippen molar-refractivity contribution in [2.75, 3.05) is 11.4 Å². The molecule has 0 aliphatic heterocycles. The summed E-state index contributed by atoms with van der Waals surface area (Å²) < 4.78 is 0. The molecule has 0 aromatic carbocycles. The lowest BCUT2D eigenvalue weighted by atomic mass is 10.1. The van der Waals surface area contributed by atoms with Crippen molar-refractivity contribution in [2.24, 2.45) is 11.5 Å². The van der Waals surface area contributed by atoms with Crippen LogP contribution >= 0.6 is 0 Å². The molecule has 5 heteroatoms. The summed E-state index contributed by atoms with van der Waals surface area (Å²) in [6.07, 6.45) is 3.40. The van der Waals surface area contributed by atoms with Gasteiger partial charge in [-0.3, -0.25) is 9.78 Å². The molecule has 1 heterocycles. The zero-order valence-corrected chi connectivity index (χ0v) is 9.68. The molecule has 4 N–H and O–H groups in total. The van der Waals surface area contributed by atoms with Crippen molar-refractivity contribution in [3.05, 3.63) is 24.0 Å². The predicted octanol–water partition coefficient (Wildman–Crippen LogP) is 0.240. The Morgan fingerprint density at radius 2 is 2.25 bits per heavy atom. The maximum absolute atomic E-state index is 11.0. The molecule has 1 rings (SSSR count). The van der Waals surface area contributed by atoms with E-state index in [0.29, 0.717) is 6.54 Å². The number of primary amides is 1. The highest BCUT2D eigenvalue weighted by atomic mass is 16.1. The lowest BCUT2D eigenvalue weighted by molar-refractivity contribution is -0.116. The first kappa shape index (κ1) is 12.4. The Labute approximate surface area is 95.4 Å². The van der Waals surface area contributed by atoms with E-state index in [-0.39, 0.29) is 18.5 Å². The number of anilines is 1. The van der Waals surface area contributed by atoms with Crippen LogP contribution in [-0.4, -0.2) is 23.5 Å². The third-order valence-electron chi connectivity index (χ3n) is 2.37. The topological polar surface area (TPSA) is 85.2 Å². The molecule has 0 saturated heterocycles. The lowest BCUT2D eigenvalue weighted by Crippen LogP contribution is -2.39. The molecule has 0 saturated carbocycles. The molecule has 0 bridgehead atoms. The summed E-state index contributed by atoms with van der Waals surface area (Å²) in [5.74, 6) is -0.361. The fraction of sp³-hybridized carbons (Fsp3) is 0.455. The Bertz CT molecular complexity index is 365. The first-order valence-electron chi connectivity index (χ1n) is 5.24. The standard InChI is InChI=1S/C11H18N4O/c1-8(2)15(7-11(13)16)10-6-14-4-3-9(10)5-12/h3-4,6,8H,5,7,12H2,1-2H3,(H2,13,16). The van der Waals surface area contributed by atoms with Crippen molar-refractivity contribution in [2.45, 2.75) is 26.4 Å². The maximum atomic E-state index is 11.0. The number of carbonyl (C=O) groups excluding carboxylic acids is 1. The molecule has 0 unspecified atom stereocenters. The molecule has 0 spiro atoms. The van der Waals surface area contributed by atoms with Crippen molar-refractivity contribution in [3.63, 3.8) is 0 Å². The quantitative estimate of drug-likeness (QED) is 0.747. The van der Waals surface area contributed by atoms with Crippen LogP contribution in [0.25, 0.3) is 0 Å². The second kappa shape index (κ2) is 5.46. The van der Waals surface area contributed by atoms with Crippen molar-refractivity contribution in [3.8, 4) is 0 Å². The van der Waals surface area contributed by atoms with Crippen LogP contribution in [0.3, 0.4) is 0 Å². The molecule has 16 heavy (non-hydrogen) atoms. The van der Waals surface area contributed by atoms with E-state index in [1.54, 1.807) is 12.4 Å². The summed E-state index contributed by atoms with van der Waals surface area (Å²) in [5.41, 5.74) is 12.7. The van der Waals surface area contributed by atoms with Gasteiger partial charge in [0.2, 0.25) is 5.91 Å². The van der Waals surface area contributed by atoms with E-state index in [1.165, 1.54) is 0 Å². The minimum absolute atomic E-state index is 0.169. The second-order valence-electron chi connectivity index (χ2n) is 3.90. The van der Waals surface area contributed by atoms with Crippen LogP contribution < -0.4 is 16.4 Å². The number of rotatable bonds is 5. The number of nitrogens with two attached hydrogens (primary N) is 2. The number of amides is 1. The van der Waals surface area contributed by atoms with Gasteiger partial charge in [-0.1, -0.05) is 0 Å². The Morgan fingerprint density at radius 3 is 2.75 bits per heavy atom. The van der Waals surface area contributed by atoms with Gasteiger partial charge < -0.3 is 16.4 Å². The predicted molar refractivity (Wildman–Crippen MR) is 63.8 cm³/mol. The SMILES string of the molecule is CC(C)N(CC(N)=O)c1cnccc1CN. The average molecular weight is 222 g/mol. The van der Waals surface area contributed by atoms with Gasteiger partial charge in [-0.05, 0) is 25.5 Å². The summed E-state index contributed by atoms with van der Waals surface area (Å²) in [6, 6.07) is 2.02. The number of aromatic nitrogens is 1. The Morgan fingerprint density at radius 1 is 1.56 bits per heavy atom. The summed E-state index contributed by atoms with van der Waals surface area (Å²) in [7, 11) is 0. The Balaban J connectivity index is 3.05. The van der Waals surface area contributed by atoms with Crippen molar-refractivity contribution >= 4 is 11.6 Å². The van der Waals surface area contributed by atoms with E-state index in [1.807, 2.05) is 24.8 Å². The zero-order valence-electron chi connectivity index (χ0n) is 9.68. The number of carbonyl (C=O) groups is 1. The van der Waals surface area contributed by atoms with Gasteiger partial charge in [0.15, 0.2) is 0 Å². The lowest BCUT2D eigenvalue weighted by Gasteiger charge is -2.29. The van der Waals surface area contributed by atoms with Gasteiger partial charge in [0.05, 0.1) is 18.4 Å². The van der Waals surface area contributed by atoms with E-state index in [0.717, 1.165) is 11.3 Å². The van der Waals surface area contributed by atoms with Crippen LogP contribution in [0.2, 0.25) is 0 Å². The molecule has 88 valence electrons. The van der Waals surface area contributed by atoms with E-state index in [9.17, 15) is 4.79 Å². The smallest absolute Gasteiger partial charge is 0.236 e. The fourth-order valence-corrected chi connectivity index (χ4v) is 1.56. The molecular formula is C11H18N4O. The van der Waals surface area contributed by atoms with Crippen LogP contribution in [0, 0.1) is 0 Å². The largest absolute Gasteiger partial charge is 0.368 e. The Hall–Kier alpha value is -1.62. The van der Waals surface area contributed by atoms with Gasteiger partial charge in [-0.2, -0.15) is 0 Å². The van der Waals surface area contributed by atoms with Gasteiger partial charge >= 0.3 is 0 Å². The van der Waals surface area contributed by atoms with Gasteiger partial charge in [0.25, 0.3) is 0 Å². The maximum Gasteiger partial charge on any atom is 0.236 e. The van der Waals surface area contributed by atoms with Crippen LogP contribution in [-0.2, 0) is 11.3 Å². The molecule has 0 atom stereocenters. The van der Waals surface area contributed by atoms with Crippen LogP contribution in [0.4, 0.5) is 5.69 Å². The number of pyridine rings is 1. The van der Waals surface area contributed by atoms with E-state index in [4.69, 9.17) is 11.5 Å². The van der Waals surface area contributed by atoms with Crippen molar-refractivity contribution in [1.82, 2.24) is 4.98 Å². The second-order valence-corrected chi connectivity index (χ2v) is 3.90. The van der Waals surface area contributed by atoms with Crippen molar-refractivity contribution < 1.29 is 4.79 Å². The minimum Gasteiger partial charge on any atom is -0.368 e. The summed E-state index contributed by atoms with van der Waals surface area (Å²) in [6.45, 7) is 4.59. The zero-order chi connectivity index (χ0) is 12.1. The fourth-order valence-electron chi connectivity index (χ4n) is 1.56. The first-order chi connectivity index (χ1) is 7.56. The highest BCUT2D eigenvalue weighted by Gasteiger charge is 2.15. The minimum atomic E-state index is -0.361. The average Bonchev–Trinajstić information content (AvgIpc) is 2.25. The molecule has 0 fully saturated rings. The number of hydrogen-bond donors (Lipinski definition) is 2. The van der Waals surface area contributed by atoms with Crippen LogP contribution in [0.5, 0.6) is 0 Å². The number of hydrogen-bond acceptors (Lipinski definition) is 4. The highest BCUT2D eigenvalue weighted by molar-refractivity contribution is 5.80. The van der Waals surface area contributed by atoms with Crippen molar-refractivity contribution in [1.29, 1.82) is 0 Å². The van der Waals surface area contributed by atoms with Gasteiger partial charge in [-0.15, -0.1) is 0 Å². The summed E-state index contributed by atoms with van der Waals surface area (Å²) in [5, 5.41) is 0. The van der Waals surface area contributed by atoms with E-state index < -0.39 is 0 Å². The molecule has 0 aliphatic rings. The van der Waals surface area contributed by atoms with Gasteiger partial charge in [0.1, 0.15) is 0 Å². The number of nitrogens with zero attached hydrogens (tertiary/aromatic N) is 2. The van der Waals surface area contributed by atoms with E-state index >= 15 is 0 Å². The van der Waals surface area contributed by atoms with E-state index in [2.05, 4.69) is 4.98 Å². The summed E-state index contributed by atoms with van der Waals surface area (Å²) in [4.78, 5) is 17.0. The molecular weight excluding hydrogens is 204 g/mol. The molecule has 0 aliphatic carbocycles. The van der Waals surface area contributed by atoms with Gasteiger partial charge in [0, 0.05) is 18.8 Å². The van der Waals surface area contributed by atoms with Gasteiger partial charge in [-0.25, -0.2) is 0 Å². The van der Waals surface area contributed by atoms with Crippen LogP contribution in [0.15, 0.2) is 18.5 Å². The third kappa shape index (κ3) is 2.93. The monoisotopic (exact) mass is 222 g/mol. The normalized spacial score (nSPS) is 10.5. The van der Waals surface area contributed by atoms with Crippen LogP contribution in [0.1, 0.15) is 19.4 Å². The first-order valence-corrected chi connectivity index (χ1v) is 5.24. The molecule has 0 radical (unpaired) electrons. The molecule has 1 amide bonds. The highest BCUT2D eigenvalue weighted by Crippen LogP contribution is 2.20. The Kier molecular flexibility index (Phi) is 4.25.